The fraction of sp³-hybridized carbons (Fsp3) is 0.636. The van der Waals surface area contributed by atoms with Gasteiger partial charge in [0.1, 0.15) is 4.21 Å². The van der Waals surface area contributed by atoms with Crippen LogP contribution in [0.1, 0.15) is 20.3 Å². The standard InChI is InChI=1S/C11H18N4O4S2/c1-7(2)8-3-4-14(6-8)21(18,19)10-5-9(15(16)17)11(13-12)20-10/h5,7-8,13H,3-4,6,12H2,1-2H3. The van der Waals surface area contributed by atoms with Crippen molar-refractivity contribution in [1.82, 2.24) is 4.31 Å². The molecule has 1 unspecified atom stereocenters. The molecule has 8 nitrogen and oxygen atoms in total. The zero-order chi connectivity index (χ0) is 15.8. The van der Waals surface area contributed by atoms with Crippen LogP contribution in [0.5, 0.6) is 0 Å². The first-order chi connectivity index (χ1) is 9.77. The highest BCUT2D eigenvalue weighted by Gasteiger charge is 2.36. The van der Waals surface area contributed by atoms with Crippen molar-refractivity contribution in [3.05, 3.63) is 16.2 Å². The number of nitrogens with one attached hydrogen (secondary N) is 1. The van der Waals surface area contributed by atoms with Crippen LogP contribution in [-0.4, -0.2) is 30.7 Å². The number of nitrogens with two attached hydrogens (primary N) is 1. The minimum absolute atomic E-state index is 0.0400. The lowest BCUT2D eigenvalue weighted by atomic mass is 9.96. The van der Waals surface area contributed by atoms with Crippen LogP contribution in [0.25, 0.3) is 0 Å². The van der Waals surface area contributed by atoms with E-state index in [0.717, 1.165) is 23.8 Å². The molecule has 3 N–H and O–H groups in total. The minimum Gasteiger partial charge on any atom is -0.310 e. The maximum Gasteiger partial charge on any atom is 0.306 e. The van der Waals surface area contributed by atoms with Crippen molar-refractivity contribution >= 4 is 32.0 Å². The number of hydrogen-bond donors (Lipinski definition) is 2. The molecule has 0 amide bonds. The molecule has 118 valence electrons. The Morgan fingerprint density at radius 1 is 1.57 bits per heavy atom. The zero-order valence-corrected chi connectivity index (χ0v) is 13.4. The van der Waals surface area contributed by atoms with E-state index in [1.54, 1.807) is 0 Å². The summed E-state index contributed by atoms with van der Waals surface area (Å²) in [5.41, 5.74) is 1.86. The summed E-state index contributed by atoms with van der Waals surface area (Å²) in [5, 5.41) is 10.9. The van der Waals surface area contributed by atoms with Gasteiger partial charge in [0, 0.05) is 19.2 Å². The maximum atomic E-state index is 12.6. The number of thiophene rings is 1. The Morgan fingerprint density at radius 2 is 2.24 bits per heavy atom. The van der Waals surface area contributed by atoms with Crippen LogP contribution in [0.15, 0.2) is 10.3 Å². The van der Waals surface area contributed by atoms with Crippen LogP contribution in [0.4, 0.5) is 10.7 Å². The molecule has 1 saturated heterocycles. The summed E-state index contributed by atoms with van der Waals surface area (Å²) < 4.78 is 26.5. The van der Waals surface area contributed by atoms with Gasteiger partial charge in [-0.25, -0.2) is 14.3 Å². The Balaban J connectivity index is 2.31. The second-order valence-electron chi connectivity index (χ2n) is 5.34. The van der Waals surface area contributed by atoms with Crippen molar-refractivity contribution in [1.29, 1.82) is 0 Å². The third-order valence-corrected chi connectivity index (χ3v) is 7.11. The number of nitrogen functional groups attached to an aromatic ring is 1. The molecule has 1 aliphatic heterocycles. The molecule has 2 heterocycles. The van der Waals surface area contributed by atoms with Gasteiger partial charge in [0.2, 0.25) is 0 Å². The number of sulfonamides is 1. The molecule has 0 saturated carbocycles. The molecular weight excluding hydrogens is 316 g/mol. The highest BCUT2D eigenvalue weighted by Crippen LogP contribution is 2.39. The number of anilines is 1. The predicted octanol–water partition coefficient (Wildman–Crippen LogP) is 1.61. The molecule has 0 aromatic carbocycles. The average Bonchev–Trinajstić information content (AvgIpc) is 3.06. The highest BCUT2D eigenvalue weighted by atomic mass is 32.2. The Morgan fingerprint density at radius 3 is 2.67 bits per heavy atom. The first-order valence-electron chi connectivity index (χ1n) is 6.52. The quantitative estimate of drug-likeness (QED) is 0.480. The molecule has 0 radical (unpaired) electrons. The Labute approximate surface area is 127 Å². The normalized spacial score (nSPS) is 20.1. The van der Waals surface area contributed by atoms with E-state index in [4.69, 9.17) is 5.84 Å². The van der Waals surface area contributed by atoms with Gasteiger partial charge in [0.15, 0.2) is 5.00 Å². The fourth-order valence-electron chi connectivity index (χ4n) is 2.37. The average molecular weight is 334 g/mol. The minimum atomic E-state index is -3.70. The third kappa shape index (κ3) is 3.03. The van der Waals surface area contributed by atoms with E-state index in [9.17, 15) is 18.5 Å². The topological polar surface area (TPSA) is 119 Å². The van der Waals surface area contributed by atoms with Crippen molar-refractivity contribution in [3.63, 3.8) is 0 Å². The summed E-state index contributed by atoms with van der Waals surface area (Å²) in [4.78, 5) is 10.2. The fourth-order valence-corrected chi connectivity index (χ4v) is 5.27. The number of nitrogens with zero attached hydrogens (tertiary/aromatic N) is 2. The first kappa shape index (κ1) is 16.1. The lowest BCUT2D eigenvalue weighted by Gasteiger charge is -2.16. The molecule has 1 aromatic heterocycles. The van der Waals surface area contributed by atoms with E-state index >= 15 is 0 Å². The molecular formula is C11H18N4O4S2. The maximum absolute atomic E-state index is 12.6. The smallest absolute Gasteiger partial charge is 0.306 e. The van der Waals surface area contributed by atoms with E-state index in [2.05, 4.69) is 19.3 Å². The van der Waals surface area contributed by atoms with Crippen LogP contribution < -0.4 is 11.3 Å². The summed E-state index contributed by atoms with van der Waals surface area (Å²) in [6.07, 6.45) is 0.812. The van der Waals surface area contributed by atoms with Crippen molar-refractivity contribution in [2.24, 2.45) is 17.7 Å². The summed E-state index contributed by atoms with van der Waals surface area (Å²) in [6, 6.07) is 1.07. The van der Waals surface area contributed by atoms with E-state index in [0.29, 0.717) is 24.9 Å². The largest absolute Gasteiger partial charge is 0.310 e. The SMILES string of the molecule is CC(C)C1CCN(S(=O)(=O)c2cc([N+](=O)[O-])c(NN)s2)C1. The zero-order valence-electron chi connectivity index (χ0n) is 11.8. The van der Waals surface area contributed by atoms with E-state index in [1.165, 1.54) is 4.31 Å². The molecule has 2 rings (SSSR count). The van der Waals surface area contributed by atoms with Gasteiger partial charge in [-0.1, -0.05) is 25.2 Å². The summed E-state index contributed by atoms with van der Waals surface area (Å²) in [5.74, 6) is 5.94. The Hall–Kier alpha value is -1.23. The highest BCUT2D eigenvalue weighted by molar-refractivity contribution is 7.91. The molecule has 1 aromatic rings. The van der Waals surface area contributed by atoms with Crippen molar-refractivity contribution in [2.75, 3.05) is 18.5 Å². The van der Waals surface area contributed by atoms with Gasteiger partial charge in [-0.05, 0) is 18.3 Å². The molecule has 1 aliphatic rings. The predicted molar refractivity (Wildman–Crippen MR) is 80.5 cm³/mol. The monoisotopic (exact) mass is 334 g/mol. The van der Waals surface area contributed by atoms with Crippen LogP contribution >= 0.6 is 11.3 Å². The lowest BCUT2D eigenvalue weighted by molar-refractivity contribution is -0.383. The second kappa shape index (κ2) is 5.87. The van der Waals surface area contributed by atoms with Gasteiger partial charge < -0.3 is 5.43 Å². The number of rotatable bonds is 5. The lowest BCUT2D eigenvalue weighted by Crippen LogP contribution is -2.28. The third-order valence-electron chi connectivity index (χ3n) is 3.74. The van der Waals surface area contributed by atoms with Crippen LogP contribution in [0, 0.1) is 22.0 Å². The van der Waals surface area contributed by atoms with Crippen molar-refractivity contribution < 1.29 is 13.3 Å². The summed E-state index contributed by atoms with van der Waals surface area (Å²) in [6.45, 7) is 5.03. The van der Waals surface area contributed by atoms with Gasteiger partial charge >= 0.3 is 5.69 Å². The summed E-state index contributed by atoms with van der Waals surface area (Å²) in [7, 11) is -3.70. The summed E-state index contributed by atoms with van der Waals surface area (Å²) >= 11 is 0.784. The molecule has 21 heavy (non-hydrogen) atoms. The van der Waals surface area contributed by atoms with Gasteiger partial charge in [0.25, 0.3) is 10.0 Å². The molecule has 1 atom stereocenters. The van der Waals surface area contributed by atoms with Crippen molar-refractivity contribution in [3.8, 4) is 0 Å². The number of hydrazine groups is 1. The van der Waals surface area contributed by atoms with Crippen molar-refractivity contribution in [2.45, 2.75) is 24.5 Å². The van der Waals surface area contributed by atoms with Gasteiger partial charge in [-0.15, -0.1) is 0 Å². The molecule has 1 fully saturated rings. The van der Waals surface area contributed by atoms with Crippen LogP contribution in [0.2, 0.25) is 0 Å². The molecule has 0 bridgehead atoms. The van der Waals surface area contributed by atoms with Gasteiger partial charge in [0.05, 0.1) is 4.92 Å². The van der Waals surface area contributed by atoms with Gasteiger partial charge in [-0.3, -0.25) is 10.1 Å². The van der Waals surface area contributed by atoms with Crippen LogP contribution in [0.3, 0.4) is 0 Å². The number of nitro groups is 1. The van der Waals surface area contributed by atoms with E-state index in [1.807, 2.05) is 0 Å². The number of hydrogen-bond acceptors (Lipinski definition) is 7. The Bertz CT molecular complexity index is 641. The molecule has 0 spiro atoms. The van der Waals surface area contributed by atoms with E-state index in [-0.39, 0.29) is 14.9 Å². The second-order valence-corrected chi connectivity index (χ2v) is 8.55. The van der Waals surface area contributed by atoms with Crippen LogP contribution in [-0.2, 0) is 10.0 Å². The Kier molecular flexibility index (Phi) is 4.51. The molecule has 10 heteroatoms. The first-order valence-corrected chi connectivity index (χ1v) is 8.78. The van der Waals surface area contributed by atoms with Gasteiger partial charge in [-0.2, -0.15) is 4.31 Å². The molecule has 0 aliphatic carbocycles. The van der Waals surface area contributed by atoms with E-state index < -0.39 is 14.9 Å².